The molecule has 1 aliphatic carbocycles. The average molecular weight is 280 g/mol. The van der Waals surface area contributed by atoms with Crippen LogP contribution >= 0.6 is 0 Å². The second-order valence-corrected chi connectivity index (χ2v) is 5.88. The zero-order valence-corrected chi connectivity index (χ0v) is 11.9. The van der Waals surface area contributed by atoms with Crippen molar-refractivity contribution < 1.29 is 9.31 Å². The lowest BCUT2D eigenvalue weighted by atomic mass is 9.79. The second-order valence-electron chi connectivity index (χ2n) is 5.88. The van der Waals surface area contributed by atoms with Crippen molar-refractivity contribution in [3.8, 4) is 0 Å². The van der Waals surface area contributed by atoms with Crippen LogP contribution in [0, 0.1) is 27.8 Å². The van der Waals surface area contributed by atoms with E-state index in [1.807, 2.05) is 0 Å². The molecule has 1 saturated carbocycles. The van der Waals surface area contributed by atoms with Crippen molar-refractivity contribution in [2.45, 2.75) is 45.7 Å². The van der Waals surface area contributed by atoms with Crippen molar-refractivity contribution in [1.29, 1.82) is 0 Å². The number of halogens is 1. The molecule has 1 aromatic rings. The molecule has 2 rings (SSSR count). The summed E-state index contributed by atoms with van der Waals surface area (Å²) in [5.41, 5.74) is 0.400. The molecule has 20 heavy (non-hydrogen) atoms. The first-order valence-electron chi connectivity index (χ1n) is 7.13. The summed E-state index contributed by atoms with van der Waals surface area (Å²) < 4.78 is 13.2. The molecule has 1 aliphatic rings. The van der Waals surface area contributed by atoms with Gasteiger partial charge in [-0.25, -0.2) is 4.39 Å². The summed E-state index contributed by atoms with van der Waals surface area (Å²) in [4.78, 5) is 10.5. The smallest absolute Gasteiger partial charge is 0.274 e. The molecule has 0 spiro atoms. The number of hydrogen-bond donors (Lipinski definition) is 1. The van der Waals surface area contributed by atoms with E-state index in [2.05, 4.69) is 19.2 Å². The molecular formula is C15H21FN2O2. The third-order valence-corrected chi connectivity index (χ3v) is 4.42. The number of nitro benzene ring substituents is 1. The molecule has 3 atom stereocenters. The highest BCUT2D eigenvalue weighted by molar-refractivity contribution is 5.40. The number of nitrogens with zero attached hydrogens (tertiary/aromatic N) is 1. The van der Waals surface area contributed by atoms with Crippen LogP contribution in [0.1, 0.15) is 38.7 Å². The van der Waals surface area contributed by atoms with Crippen LogP contribution in [0.4, 0.5) is 10.1 Å². The predicted molar refractivity (Wildman–Crippen MR) is 75.9 cm³/mol. The number of rotatable bonds is 4. The topological polar surface area (TPSA) is 55.2 Å². The van der Waals surface area contributed by atoms with Gasteiger partial charge in [0.1, 0.15) is 5.82 Å². The molecular weight excluding hydrogens is 259 g/mol. The zero-order chi connectivity index (χ0) is 14.7. The highest BCUT2D eigenvalue weighted by atomic mass is 19.1. The summed E-state index contributed by atoms with van der Waals surface area (Å²) in [7, 11) is 0. The third kappa shape index (κ3) is 3.54. The van der Waals surface area contributed by atoms with E-state index in [1.54, 1.807) is 0 Å². The summed E-state index contributed by atoms with van der Waals surface area (Å²) in [5.74, 6) is 0.957. The standard InChI is InChI=1S/C15H21FN2O2/c1-10-3-5-14(7-11(10)2)17-9-12-8-13(16)4-6-15(12)18(19)20/h4,6,8,10-11,14,17H,3,5,7,9H2,1-2H3. The molecule has 110 valence electrons. The summed E-state index contributed by atoms with van der Waals surface area (Å²) in [6.45, 7) is 4.85. The number of nitrogens with one attached hydrogen (secondary N) is 1. The predicted octanol–water partition coefficient (Wildman–Crippen LogP) is 3.65. The fourth-order valence-electron chi connectivity index (χ4n) is 2.86. The van der Waals surface area contributed by atoms with Gasteiger partial charge >= 0.3 is 0 Å². The molecule has 0 amide bonds. The van der Waals surface area contributed by atoms with Crippen LogP contribution < -0.4 is 5.32 Å². The molecule has 1 fully saturated rings. The lowest BCUT2D eigenvalue weighted by Crippen LogP contribution is -2.35. The van der Waals surface area contributed by atoms with Gasteiger partial charge in [0.15, 0.2) is 0 Å². The zero-order valence-electron chi connectivity index (χ0n) is 11.9. The van der Waals surface area contributed by atoms with E-state index in [9.17, 15) is 14.5 Å². The quantitative estimate of drug-likeness (QED) is 0.676. The Morgan fingerprint density at radius 2 is 2.10 bits per heavy atom. The summed E-state index contributed by atoms with van der Waals surface area (Å²) in [6.07, 6.45) is 3.32. The van der Waals surface area contributed by atoms with Gasteiger partial charge in [0, 0.05) is 24.2 Å². The molecule has 1 N–H and O–H groups in total. The largest absolute Gasteiger partial charge is 0.310 e. The van der Waals surface area contributed by atoms with Gasteiger partial charge < -0.3 is 5.32 Å². The SMILES string of the molecule is CC1CCC(NCc2cc(F)ccc2[N+](=O)[O-])CC1C. The maximum Gasteiger partial charge on any atom is 0.274 e. The summed E-state index contributed by atoms with van der Waals surface area (Å²) in [5, 5.41) is 14.3. The molecule has 4 nitrogen and oxygen atoms in total. The van der Waals surface area contributed by atoms with Crippen LogP contribution in [0.15, 0.2) is 18.2 Å². The Morgan fingerprint density at radius 3 is 2.75 bits per heavy atom. The van der Waals surface area contributed by atoms with Crippen LogP contribution in [0.25, 0.3) is 0 Å². The van der Waals surface area contributed by atoms with Crippen LogP contribution in [-0.4, -0.2) is 11.0 Å². The first-order chi connectivity index (χ1) is 9.47. The highest BCUT2D eigenvalue weighted by Crippen LogP contribution is 2.29. The van der Waals surface area contributed by atoms with E-state index in [1.165, 1.54) is 18.6 Å². The maximum atomic E-state index is 13.2. The van der Waals surface area contributed by atoms with Gasteiger partial charge in [-0.2, -0.15) is 0 Å². The van der Waals surface area contributed by atoms with Gasteiger partial charge in [0.05, 0.1) is 4.92 Å². The van der Waals surface area contributed by atoms with Gasteiger partial charge in [-0.3, -0.25) is 10.1 Å². The highest BCUT2D eigenvalue weighted by Gasteiger charge is 2.24. The first kappa shape index (κ1) is 14.9. The molecule has 5 heteroatoms. The molecule has 0 radical (unpaired) electrons. The Bertz CT molecular complexity index is 493. The van der Waals surface area contributed by atoms with Gasteiger partial charge in [-0.05, 0) is 43.2 Å². The van der Waals surface area contributed by atoms with E-state index < -0.39 is 10.7 Å². The molecule has 0 heterocycles. The first-order valence-corrected chi connectivity index (χ1v) is 7.13. The molecule has 0 aromatic heterocycles. The lowest BCUT2D eigenvalue weighted by Gasteiger charge is -2.32. The number of benzene rings is 1. The van der Waals surface area contributed by atoms with Crippen molar-refractivity contribution in [2.75, 3.05) is 0 Å². The fourth-order valence-corrected chi connectivity index (χ4v) is 2.86. The molecule has 0 saturated heterocycles. The second kappa shape index (κ2) is 6.31. The van der Waals surface area contributed by atoms with Crippen LogP contribution in [-0.2, 0) is 6.54 Å². The van der Waals surface area contributed by atoms with Crippen molar-refractivity contribution >= 4 is 5.69 Å². The van der Waals surface area contributed by atoms with Crippen molar-refractivity contribution in [3.05, 3.63) is 39.7 Å². The third-order valence-electron chi connectivity index (χ3n) is 4.42. The molecule has 3 unspecified atom stereocenters. The van der Waals surface area contributed by atoms with Crippen LogP contribution in [0.3, 0.4) is 0 Å². The minimum atomic E-state index is -0.456. The maximum absolute atomic E-state index is 13.2. The Balaban J connectivity index is 2.00. The Hall–Kier alpha value is -1.49. The summed E-state index contributed by atoms with van der Waals surface area (Å²) >= 11 is 0. The van der Waals surface area contributed by atoms with Crippen LogP contribution in [0.5, 0.6) is 0 Å². The van der Waals surface area contributed by atoms with Gasteiger partial charge in [-0.15, -0.1) is 0 Å². The Kier molecular flexibility index (Phi) is 4.70. The fraction of sp³-hybridized carbons (Fsp3) is 0.600. The minimum absolute atomic E-state index is 0.0175. The normalized spacial score (nSPS) is 26.4. The molecule has 0 aliphatic heterocycles. The number of hydrogen-bond acceptors (Lipinski definition) is 3. The molecule has 0 bridgehead atoms. The van der Waals surface area contributed by atoms with E-state index in [4.69, 9.17) is 0 Å². The van der Waals surface area contributed by atoms with Crippen molar-refractivity contribution in [1.82, 2.24) is 5.32 Å². The van der Waals surface area contributed by atoms with Crippen LogP contribution in [0.2, 0.25) is 0 Å². The van der Waals surface area contributed by atoms with Gasteiger partial charge in [0.2, 0.25) is 0 Å². The van der Waals surface area contributed by atoms with E-state index in [0.717, 1.165) is 24.8 Å². The Morgan fingerprint density at radius 1 is 1.35 bits per heavy atom. The summed E-state index contributed by atoms with van der Waals surface area (Å²) in [6, 6.07) is 3.98. The lowest BCUT2D eigenvalue weighted by molar-refractivity contribution is -0.385. The van der Waals surface area contributed by atoms with Crippen molar-refractivity contribution in [3.63, 3.8) is 0 Å². The van der Waals surface area contributed by atoms with Gasteiger partial charge in [-0.1, -0.05) is 13.8 Å². The van der Waals surface area contributed by atoms with E-state index in [-0.39, 0.29) is 5.69 Å². The monoisotopic (exact) mass is 280 g/mol. The molecule has 1 aromatic carbocycles. The van der Waals surface area contributed by atoms with E-state index >= 15 is 0 Å². The van der Waals surface area contributed by atoms with Gasteiger partial charge in [0.25, 0.3) is 5.69 Å². The number of nitro groups is 1. The Labute approximate surface area is 118 Å². The van der Waals surface area contributed by atoms with E-state index in [0.29, 0.717) is 24.1 Å². The van der Waals surface area contributed by atoms with Crippen molar-refractivity contribution in [2.24, 2.45) is 11.8 Å². The average Bonchev–Trinajstić information content (AvgIpc) is 2.40. The minimum Gasteiger partial charge on any atom is -0.310 e.